The first-order valence-electron chi connectivity index (χ1n) is 8.90. The minimum absolute atomic E-state index is 0.00810. The summed E-state index contributed by atoms with van der Waals surface area (Å²) < 4.78 is 5.59. The number of non-ortho nitro benzene ring substituents is 2. The van der Waals surface area contributed by atoms with Gasteiger partial charge in [0.15, 0.2) is 0 Å². The van der Waals surface area contributed by atoms with E-state index in [2.05, 4.69) is 10.5 Å². The molecule has 158 valence electrons. The van der Waals surface area contributed by atoms with Crippen LogP contribution >= 0.6 is 11.8 Å². The van der Waals surface area contributed by atoms with Gasteiger partial charge in [0.05, 0.1) is 21.8 Å². The third-order valence-corrected chi connectivity index (χ3v) is 5.02. The van der Waals surface area contributed by atoms with Crippen LogP contribution in [0.25, 0.3) is 11.3 Å². The zero-order valence-corrected chi connectivity index (χ0v) is 16.8. The van der Waals surface area contributed by atoms with Gasteiger partial charge >= 0.3 is 0 Å². The number of carbonyl (C=O) groups excluding carboxylic acids is 1. The van der Waals surface area contributed by atoms with Crippen molar-refractivity contribution < 1.29 is 19.1 Å². The molecule has 31 heavy (non-hydrogen) atoms. The summed E-state index contributed by atoms with van der Waals surface area (Å²) in [5, 5.41) is 25.2. The number of carbonyl (C=O) groups is 1. The number of nitrogens with one attached hydrogen (secondary N) is 1. The van der Waals surface area contributed by atoms with Crippen LogP contribution in [0.15, 0.2) is 70.2 Å². The fourth-order valence-electron chi connectivity index (χ4n) is 2.50. The Morgan fingerprint density at radius 3 is 2.19 bits per heavy atom. The average molecular weight is 440 g/mol. The Bertz CT molecular complexity index is 1110. The molecule has 1 aromatic heterocycles. The van der Waals surface area contributed by atoms with Crippen molar-refractivity contribution in [3.05, 3.63) is 92.2 Å². The third-order valence-electron chi connectivity index (χ3n) is 4.02. The molecule has 0 saturated carbocycles. The van der Waals surface area contributed by atoms with Gasteiger partial charge in [0.2, 0.25) is 5.91 Å². The maximum absolute atomic E-state index is 11.9. The molecular formula is C20H16N4O6S. The van der Waals surface area contributed by atoms with Crippen LogP contribution in [0.5, 0.6) is 0 Å². The summed E-state index contributed by atoms with van der Waals surface area (Å²) in [5.74, 6) is 1.32. The van der Waals surface area contributed by atoms with Crippen molar-refractivity contribution in [2.24, 2.45) is 5.10 Å². The van der Waals surface area contributed by atoms with Crippen LogP contribution in [-0.4, -0.2) is 27.7 Å². The number of benzene rings is 2. The van der Waals surface area contributed by atoms with Crippen molar-refractivity contribution in [1.82, 2.24) is 5.43 Å². The van der Waals surface area contributed by atoms with Gasteiger partial charge in [-0.2, -0.15) is 5.10 Å². The third kappa shape index (κ3) is 6.24. The van der Waals surface area contributed by atoms with Gasteiger partial charge in [0.25, 0.3) is 11.4 Å². The van der Waals surface area contributed by atoms with E-state index < -0.39 is 9.85 Å². The van der Waals surface area contributed by atoms with Crippen molar-refractivity contribution in [3.8, 4) is 11.3 Å². The highest BCUT2D eigenvalue weighted by Gasteiger charge is 2.08. The maximum atomic E-state index is 11.9. The largest absolute Gasteiger partial charge is 0.455 e. The monoisotopic (exact) mass is 440 g/mol. The number of nitro groups is 2. The molecule has 0 radical (unpaired) electrons. The van der Waals surface area contributed by atoms with Crippen LogP contribution in [0.3, 0.4) is 0 Å². The molecule has 0 bridgehead atoms. The topological polar surface area (TPSA) is 141 Å². The second-order valence-corrected chi connectivity index (χ2v) is 7.20. The Labute approximate surface area is 180 Å². The number of amides is 1. The van der Waals surface area contributed by atoms with Crippen LogP contribution in [0.4, 0.5) is 11.4 Å². The van der Waals surface area contributed by atoms with Gasteiger partial charge < -0.3 is 4.42 Å². The minimum atomic E-state index is -0.475. The van der Waals surface area contributed by atoms with E-state index in [1.807, 2.05) is 0 Å². The molecule has 11 heteroatoms. The molecule has 0 fully saturated rings. The first kappa shape index (κ1) is 21.7. The van der Waals surface area contributed by atoms with Gasteiger partial charge in [-0.25, -0.2) is 5.43 Å². The number of nitrogens with zero attached hydrogens (tertiary/aromatic N) is 3. The number of thioether (sulfide) groups is 1. The van der Waals surface area contributed by atoms with Crippen LogP contribution in [-0.2, 0) is 10.5 Å². The van der Waals surface area contributed by atoms with Gasteiger partial charge in [-0.3, -0.25) is 25.0 Å². The summed E-state index contributed by atoms with van der Waals surface area (Å²) >= 11 is 1.35. The number of rotatable bonds is 9. The second-order valence-electron chi connectivity index (χ2n) is 6.22. The Morgan fingerprint density at radius 2 is 1.58 bits per heavy atom. The number of furan rings is 1. The van der Waals surface area contributed by atoms with E-state index in [0.717, 1.165) is 5.56 Å². The summed E-state index contributed by atoms with van der Waals surface area (Å²) in [7, 11) is 0. The number of hydrogen-bond acceptors (Lipinski definition) is 8. The zero-order chi connectivity index (χ0) is 22.2. The van der Waals surface area contributed by atoms with E-state index in [1.54, 1.807) is 36.4 Å². The molecule has 1 N–H and O–H groups in total. The Kier molecular flexibility index (Phi) is 7.12. The standard InChI is InChI=1S/C20H16N4O6S/c25-20(13-31-12-14-1-5-16(6-2-14)23(26)27)22-21-11-18-9-10-19(30-18)15-3-7-17(8-4-15)24(28)29/h1-11H,12-13H2,(H,22,25)/b21-11-. The highest BCUT2D eigenvalue weighted by Crippen LogP contribution is 2.24. The Hall–Kier alpha value is -3.99. The number of hydrogen-bond donors (Lipinski definition) is 1. The van der Waals surface area contributed by atoms with Crippen molar-refractivity contribution in [1.29, 1.82) is 0 Å². The van der Waals surface area contributed by atoms with Crippen LogP contribution in [0.2, 0.25) is 0 Å². The number of nitro benzene ring substituents is 2. The summed E-state index contributed by atoms with van der Waals surface area (Å²) in [6, 6.07) is 15.5. The molecular weight excluding hydrogens is 424 g/mol. The molecule has 2 aromatic carbocycles. The van der Waals surface area contributed by atoms with Gasteiger partial charge in [-0.1, -0.05) is 12.1 Å². The molecule has 3 aromatic rings. The average Bonchev–Trinajstić information content (AvgIpc) is 3.23. The lowest BCUT2D eigenvalue weighted by molar-refractivity contribution is -0.385. The quantitative estimate of drug-likeness (QED) is 0.299. The lowest BCUT2D eigenvalue weighted by atomic mass is 10.1. The van der Waals surface area contributed by atoms with Crippen molar-refractivity contribution in [3.63, 3.8) is 0 Å². The highest BCUT2D eigenvalue weighted by molar-refractivity contribution is 7.99. The summed E-state index contributed by atoms with van der Waals surface area (Å²) in [4.78, 5) is 32.3. The first-order valence-corrected chi connectivity index (χ1v) is 10.1. The summed E-state index contributed by atoms with van der Waals surface area (Å²) in [6.45, 7) is 0. The van der Waals surface area contributed by atoms with E-state index in [0.29, 0.717) is 22.8 Å². The first-order chi connectivity index (χ1) is 14.9. The van der Waals surface area contributed by atoms with E-state index in [9.17, 15) is 25.0 Å². The van der Waals surface area contributed by atoms with E-state index in [-0.39, 0.29) is 23.0 Å². The predicted octanol–water partition coefficient (Wildman–Crippen LogP) is 4.15. The Morgan fingerprint density at radius 1 is 0.968 bits per heavy atom. The van der Waals surface area contributed by atoms with Gasteiger partial charge in [-0.05, 0) is 29.8 Å². The molecule has 0 aliphatic heterocycles. The van der Waals surface area contributed by atoms with Gasteiger partial charge in [0.1, 0.15) is 11.5 Å². The molecule has 0 saturated heterocycles. The summed E-state index contributed by atoms with van der Waals surface area (Å²) in [6.07, 6.45) is 1.35. The van der Waals surface area contributed by atoms with Crippen molar-refractivity contribution in [2.45, 2.75) is 5.75 Å². The fraction of sp³-hybridized carbons (Fsp3) is 0.100. The van der Waals surface area contributed by atoms with E-state index >= 15 is 0 Å². The smallest absolute Gasteiger partial charge is 0.269 e. The van der Waals surface area contributed by atoms with Crippen molar-refractivity contribution >= 4 is 35.3 Å². The normalized spacial score (nSPS) is 10.8. The SMILES string of the molecule is O=C(CSCc1ccc([N+](=O)[O-])cc1)N/N=C\c1ccc(-c2ccc([N+](=O)[O-])cc2)o1. The molecule has 0 aliphatic carbocycles. The number of hydrazone groups is 1. The molecule has 0 spiro atoms. The van der Waals surface area contributed by atoms with E-state index in [4.69, 9.17) is 4.42 Å². The zero-order valence-electron chi connectivity index (χ0n) is 16.0. The van der Waals surface area contributed by atoms with Crippen LogP contribution in [0, 0.1) is 20.2 Å². The lowest BCUT2D eigenvalue weighted by Gasteiger charge is -2.01. The lowest BCUT2D eigenvalue weighted by Crippen LogP contribution is -2.19. The van der Waals surface area contributed by atoms with Gasteiger partial charge in [0, 0.05) is 35.6 Å². The molecule has 0 atom stereocenters. The van der Waals surface area contributed by atoms with E-state index in [1.165, 1.54) is 42.2 Å². The highest BCUT2D eigenvalue weighted by atomic mass is 32.2. The minimum Gasteiger partial charge on any atom is -0.455 e. The van der Waals surface area contributed by atoms with Gasteiger partial charge in [-0.15, -0.1) is 11.8 Å². The second kappa shape index (κ2) is 10.2. The fourth-order valence-corrected chi connectivity index (χ4v) is 3.28. The van der Waals surface area contributed by atoms with Crippen molar-refractivity contribution in [2.75, 3.05) is 5.75 Å². The molecule has 0 unspecified atom stereocenters. The predicted molar refractivity (Wildman–Crippen MR) is 116 cm³/mol. The molecule has 1 amide bonds. The Balaban J connectivity index is 1.44. The molecule has 0 aliphatic rings. The summed E-state index contributed by atoms with van der Waals surface area (Å²) in [5.41, 5.74) is 3.97. The molecule has 1 heterocycles. The van der Waals surface area contributed by atoms with Crippen LogP contribution < -0.4 is 5.43 Å². The molecule has 3 rings (SSSR count). The maximum Gasteiger partial charge on any atom is 0.269 e. The molecule has 10 nitrogen and oxygen atoms in total. The van der Waals surface area contributed by atoms with Crippen LogP contribution in [0.1, 0.15) is 11.3 Å².